The molecule has 1 aliphatic carbocycles. The lowest BCUT2D eigenvalue weighted by molar-refractivity contribution is -0.129. The highest BCUT2D eigenvalue weighted by atomic mass is 16.5. The molecule has 11 nitrogen and oxygen atoms in total. The number of rotatable bonds is 12. The third-order valence-corrected chi connectivity index (χ3v) is 7.30. The maximum absolute atomic E-state index is 13.9. The van der Waals surface area contributed by atoms with Crippen molar-refractivity contribution < 1.29 is 24.5 Å². The first kappa shape index (κ1) is 28.4. The molecule has 2 aliphatic rings. The van der Waals surface area contributed by atoms with Crippen molar-refractivity contribution in [2.45, 2.75) is 75.8 Å². The molecule has 1 heterocycles. The summed E-state index contributed by atoms with van der Waals surface area (Å²) in [6, 6.07) is 14.9. The minimum Gasteiger partial charge on any atom is -0.494 e. The molecule has 208 valence electrons. The van der Waals surface area contributed by atoms with Crippen molar-refractivity contribution in [3.63, 3.8) is 0 Å². The number of hydrogen-bond acceptors (Lipinski definition) is 8. The van der Waals surface area contributed by atoms with Gasteiger partial charge in [-0.05, 0) is 73.5 Å². The molecule has 11 heteroatoms. The summed E-state index contributed by atoms with van der Waals surface area (Å²) in [5.41, 5.74) is 16.0. The number of hydrogen-bond donors (Lipinski definition) is 4. The van der Waals surface area contributed by atoms with E-state index in [2.05, 4.69) is 20.9 Å². The zero-order valence-electron chi connectivity index (χ0n) is 22.1. The van der Waals surface area contributed by atoms with Crippen LogP contribution in [0.1, 0.15) is 55.7 Å². The van der Waals surface area contributed by atoms with Gasteiger partial charge in [-0.2, -0.15) is 0 Å². The fourth-order valence-electron chi connectivity index (χ4n) is 4.92. The van der Waals surface area contributed by atoms with E-state index in [9.17, 15) is 9.90 Å². The molecule has 39 heavy (non-hydrogen) atoms. The zero-order valence-corrected chi connectivity index (χ0v) is 22.1. The topological polar surface area (TPSA) is 161 Å². The van der Waals surface area contributed by atoms with Crippen molar-refractivity contribution in [2.24, 2.45) is 10.1 Å². The number of benzene rings is 2. The molecule has 2 aromatic carbocycles. The number of azide groups is 1. The summed E-state index contributed by atoms with van der Waals surface area (Å²) in [6.07, 6.45) is 2.81. The number of aliphatic hydroxyl groups is 2. The molecular formula is C28H36N6O5. The molecule has 4 rings (SSSR count). The van der Waals surface area contributed by atoms with Gasteiger partial charge < -0.3 is 19.7 Å². The third kappa shape index (κ3) is 7.07. The van der Waals surface area contributed by atoms with E-state index in [1.807, 2.05) is 43.3 Å². The average molecular weight is 537 g/mol. The van der Waals surface area contributed by atoms with E-state index in [0.717, 1.165) is 24.0 Å². The van der Waals surface area contributed by atoms with Gasteiger partial charge in [0.1, 0.15) is 11.9 Å². The van der Waals surface area contributed by atoms with Crippen molar-refractivity contribution in [3.05, 3.63) is 75.7 Å². The molecule has 1 aliphatic heterocycles. The van der Waals surface area contributed by atoms with Gasteiger partial charge in [0.25, 0.3) is 5.91 Å². The molecule has 1 amide bonds. The largest absolute Gasteiger partial charge is 0.494 e. The molecule has 2 atom stereocenters. The molecule has 0 unspecified atom stereocenters. The van der Waals surface area contributed by atoms with Crippen LogP contribution in [-0.4, -0.2) is 59.0 Å². The fraction of sp³-hybridized carbons (Fsp3) is 0.500. The van der Waals surface area contributed by atoms with E-state index in [1.54, 1.807) is 12.1 Å². The highest BCUT2D eigenvalue weighted by molar-refractivity contribution is 6.00. The van der Waals surface area contributed by atoms with Gasteiger partial charge in [0, 0.05) is 36.0 Å². The van der Waals surface area contributed by atoms with E-state index in [1.165, 1.54) is 0 Å². The van der Waals surface area contributed by atoms with Gasteiger partial charge in [-0.25, -0.2) is 10.4 Å². The van der Waals surface area contributed by atoms with Gasteiger partial charge >= 0.3 is 0 Å². The number of hydrazine groups is 1. The van der Waals surface area contributed by atoms with Crippen LogP contribution in [0.5, 0.6) is 5.75 Å². The fourth-order valence-corrected chi connectivity index (χ4v) is 4.92. The van der Waals surface area contributed by atoms with Gasteiger partial charge in [-0.15, -0.1) is 0 Å². The quantitative estimate of drug-likeness (QED) is 0.107. The predicted octanol–water partition coefficient (Wildman–Crippen LogP) is 3.33. The van der Waals surface area contributed by atoms with Gasteiger partial charge in [0.05, 0.1) is 19.3 Å². The second-order valence-corrected chi connectivity index (χ2v) is 9.99. The van der Waals surface area contributed by atoms with E-state index in [-0.39, 0.29) is 37.6 Å². The Bertz CT molecular complexity index is 1190. The van der Waals surface area contributed by atoms with E-state index >= 15 is 0 Å². The van der Waals surface area contributed by atoms with Crippen molar-refractivity contribution in [2.75, 3.05) is 13.2 Å². The molecule has 1 saturated carbocycles. The van der Waals surface area contributed by atoms with E-state index in [0.29, 0.717) is 43.1 Å². The lowest BCUT2D eigenvalue weighted by Gasteiger charge is -2.31. The number of carbonyl (C=O) groups excluding carboxylic acids is 1. The van der Waals surface area contributed by atoms with Gasteiger partial charge in [-0.1, -0.05) is 29.4 Å². The number of nitrogens with zero attached hydrogens (tertiary/aromatic N) is 4. The Morgan fingerprint density at radius 2 is 1.90 bits per heavy atom. The maximum Gasteiger partial charge on any atom is 0.266 e. The molecule has 0 spiro atoms. The Labute approximate surface area is 227 Å². The van der Waals surface area contributed by atoms with Crippen LogP contribution in [-0.2, 0) is 22.5 Å². The molecule has 0 aromatic heterocycles. The van der Waals surface area contributed by atoms with Crippen LogP contribution in [0.2, 0.25) is 0 Å². The van der Waals surface area contributed by atoms with Crippen molar-refractivity contribution in [1.29, 1.82) is 0 Å². The second kappa shape index (κ2) is 13.4. The Morgan fingerprint density at radius 3 is 2.59 bits per heavy atom. The van der Waals surface area contributed by atoms with Crippen LogP contribution in [0.15, 0.2) is 58.6 Å². The first-order valence-electron chi connectivity index (χ1n) is 13.4. The maximum atomic E-state index is 13.9. The van der Waals surface area contributed by atoms with Crippen LogP contribution in [0.4, 0.5) is 0 Å². The zero-order chi connectivity index (χ0) is 27.7. The van der Waals surface area contributed by atoms with Crippen LogP contribution < -0.4 is 15.6 Å². The van der Waals surface area contributed by atoms with E-state index < -0.39 is 11.6 Å². The smallest absolute Gasteiger partial charge is 0.266 e. The van der Waals surface area contributed by atoms with Crippen molar-refractivity contribution >= 4 is 11.8 Å². The number of ether oxygens (including phenoxy) is 2. The summed E-state index contributed by atoms with van der Waals surface area (Å²) in [4.78, 5) is 21.6. The lowest BCUT2D eigenvalue weighted by atomic mass is 9.84. The summed E-state index contributed by atoms with van der Waals surface area (Å²) < 4.78 is 11.8. The van der Waals surface area contributed by atoms with Crippen molar-refractivity contribution in [1.82, 2.24) is 10.9 Å². The monoisotopic (exact) mass is 536 g/mol. The van der Waals surface area contributed by atoms with Gasteiger partial charge in [-0.3, -0.25) is 10.2 Å². The Morgan fingerprint density at radius 1 is 1.18 bits per heavy atom. The molecular weight excluding hydrogens is 500 g/mol. The average Bonchev–Trinajstić information content (AvgIpc) is 3.29. The number of nitrogens with one attached hydrogen (secondary N) is 2. The highest BCUT2D eigenvalue weighted by Crippen LogP contribution is 2.34. The van der Waals surface area contributed by atoms with Crippen LogP contribution >= 0.6 is 0 Å². The molecule has 0 saturated heterocycles. The van der Waals surface area contributed by atoms with Gasteiger partial charge in [0.15, 0.2) is 5.54 Å². The minimum atomic E-state index is -1.28. The Balaban J connectivity index is 1.60. The molecule has 1 fully saturated rings. The normalized spacial score (nSPS) is 24.3. The molecule has 0 radical (unpaired) electrons. The standard InChI is InChI=1S/C28H36N6O5/c1-19-28(17-21-5-2-3-6-22(21)18-30-34-29,27(37)33-32-23-9-11-24(36)12-10-23)31-26(39-19)20-7-13-25(14-8-20)38-16-4-15-35/h2-3,5-8,13-14,19,23-24,32,35-36H,4,9-12,15-18H2,1H3,(H,33,37)/t19-,23?,24?,28-/m0/s1. The highest BCUT2D eigenvalue weighted by Gasteiger charge is 2.50. The summed E-state index contributed by atoms with van der Waals surface area (Å²) in [7, 11) is 0. The Hall–Kier alpha value is -3.63. The number of carbonyl (C=O) groups is 1. The Kier molecular flexibility index (Phi) is 9.78. The van der Waals surface area contributed by atoms with E-state index in [4.69, 9.17) is 25.1 Å². The predicted molar refractivity (Wildman–Crippen MR) is 146 cm³/mol. The molecule has 0 bridgehead atoms. The van der Waals surface area contributed by atoms with Crippen LogP contribution in [0.25, 0.3) is 10.4 Å². The van der Waals surface area contributed by atoms with Gasteiger partial charge in [0.2, 0.25) is 5.90 Å². The summed E-state index contributed by atoms with van der Waals surface area (Å²) in [5.74, 6) is 0.697. The molecule has 4 N–H and O–H groups in total. The first-order valence-corrected chi connectivity index (χ1v) is 13.4. The first-order chi connectivity index (χ1) is 18.9. The summed E-state index contributed by atoms with van der Waals surface area (Å²) in [6.45, 7) is 2.47. The number of aliphatic imine (C=N–C) groups is 1. The second-order valence-electron chi connectivity index (χ2n) is 9.99. The van der Waals surface area contributed by atoms with Crippen molar-refractivity contribution in [3.8, 4) is 5.75 Å². The van der Waals surface area contributed by atoms with Crippen LogP contribution in [0, 0.1) is 0 Å². The summed E-state index contributed by atoms with van der Waals surface area (Å²) >= 11 is 0. The summed E-state index contributed by atoms with van der Waals surface area (Å²) in [5, 5.41) is 22.5. The number of aliphatic hydroxyl groups excluding tert-OH is 2. The molecule has 2 aromatic rings. The minimum absolute atomic E-state index is 0.0612. The SMILES string of the molecule is C[C@@H]1OC(c2ccc(OCCCO)cc2)=N[C@]1(Cc1ccccc1CN=[N+]=[N-])C(=O)NNC1CCC(O)CC1. The van der Waals surface area contributed by atoms with Crippen LogP contribution in [0.3, 0.4) is 0 Å². The lowest BCUT2D eigenvalue weighted by Crippen LogP contribution is -2.58. The third-order valence-electron chi connectivity index (χ3n) is 7.30. The number of amides is 1.